The number of benzene rings is 1. The van der Waals surface area contributed by atoms with Crippen molar-refractivity contribution in [1.82, 2.24) is 9.21 Å². The molecule has 30 heavy (non-hydrogen) atoms. The number of anilines is 1. The molecule has 0 saturated carbocycles. The average molecular weight is 436 g/mol. The molecular weight excluding hydrogens is 398 g/mol. The third kappa shape index (κ3) is 5.62. The van der Waals surface area contributed by atoms with Gasteiger partial charge in [0.25, 0.3) is 0 Å². The fourth-order valence-corrected chi connectivity index (χ4v) is 6.29. The third-order valence-corrected chi connectivity index (χ3v) is 7.69. The molecule has 1 aromatic rings. The van der Waals surface area contributed by atoms with Gasteiger partial charge >= 0.3 is 0 Å². The Kier molecular flexibility index (Phi) is 6.94. The zero-order valence-electron chi connectivity index (χ0n) is 19.1. The number of carbonyl (C=O) groups is 1. The molecule has 2 heterocycles. The minimum atomic E-state index is -3.31. The highest BCUT2D eigenvalue weighted by Gasteiger charge is 2.40. The molecular formula is C23H37N3O3S. The van der Waals surface area contributed by atoms with Gasteiger partial charge in [0.15, 0.2) is 0 Å². The van der Waals surface area contributed by atoms with E-state index >= 15 is 0 Å². The predicted octanol–water partition coefficient (Wildman–Crippen LogP) is 3.47. The molecule has 2 bridgehead atoms. The number of nitrogens with zero attached hydrogens (tertiary/aromatic N) is 3. The first-order valence-corrected chi connectivity index (χ1v) is 12.9. The Morgan fingerprint density at radius 1 is 1.10 bits per heavy atom. The van der Waals surface area contributed by atoms with Crippen molar-refractivity contribution in [2.24, 2.45) is 5.41 Å². The van der Waals surface area contributed by atoms with Gasteiger partial charge in [0, 0.05) is 44.3 Å². The minimum Gasteiger partial charge on any atom is -0.312 e. The smallest absolute Gasteiger partial charge is 0.223 e. The molecule has 3 rings (SSSR count). The van der Waals surface area contributed by atoms with Gasteiger partial charge in [0.05, 0.1) is 6.26 Å². The first-order chi connectivity index (χ1) is 14.0. The van der Waals surface area contributed by atoms with E-state index in [9.17, 15) is 13.2 Å². The highest BCUT2D eigenvalue weighted by molar-refractivity contribution is 7.88. The van der Waals surface area contributed by atoms with Crippen LogP contribution < -0.4 is 4.90 Å². The Bertz CT molecular complexity index is 863. The van der Waals surface area contributed by atoms with E-state index in [1.807, 2.05) is 23.1 Å². The molecule has 0 radical (unpaired) electrons. The summed E-state index contributed by atoms with van der Waals surface area (Å²) in [5, 5.41) is 0. The first-order valence-electron chi connectivity index (χ1n) is 11.0. The second-order valence-corrected chi connectivity index (χ2v) is 12.0. The summed E-state index contributed by atoms with van der Waals surface area (Å²) in [6, 6.07) is 8.07. The Morgan fingerprint density at radius 3 is 2.40 bits per heavy atom. The minimum absolute atomic E-state index is 0.000934. The van der Waals surface area contributed by atoms with Gasteiger partial charge < -0.3 is 4.90 Å². The molecule has 2 aliphatic rings. The van der Waals surface area contributed by atoms with Gasteiger partial charge in [0.1, 0.15) is 0 Å². The van der Waals surface area contributed by atoms with Crippen LogP contribution in [-0.2, 0) is 21.4 Å². The van der Waals surface area contributed by atoms with Gasteiger partial charge in [-0.25, -0.2) is 8.42 Å². The monoisotopic (exact) mass is 435 g/mol. The van der Waals surface area contributed by atoms with E-state index in [1.165, 1.54) is 6.26 Å². The van der Waals surface area contributed by atoms with E-state index in [4.69, 9.17) is 0 Å². The lowest BCUT2D eigenvalue weighted by molar-refractivity contribution is -0.116. The second-order valence-electron chi connectivity index (χ2n) is 10.1. The van der Waals surface area contributed by atoms with Crippen molar-refractivity contribution < 1.29 is 13.2 Å². The van der Waals surface area contributed by atoms with Crippen LogP contribution in [0.25, 0.3) is 0 Å². The van der Waals surface area contributed by atoms with Gasteiger partial charge in [0.2, 0.25) is 15.9 Å². The maximum atomic E-state index is 12.7. The zero-order chi connectivity index (χ0) is 22.1. The van der Waals surface area contributed by atoms with E-state index in [0.29, 0.717) is 13.0 Å². The number of sulfonamides is 1. The topological polar surface area (TPSA) is 60.9 Å². The largest absolute Gasteiger partial charge is 0.312 e. The molecule has 1 saturated heterocycles. The van der Waals surface area contributed by atoms with Gasteiger partial charge in [-0.2, -0.15) is 4.31 Å². The molecule has 168 valence electrons. The Labute approximate surface area is 182 Å². The molecule has 0 spiro atoms. The van der Waals surface area contributed by atoms with Crippen molar-refractivity contribution in [3.63, 3.8) is 0 Å². The Hall–Kier alpha value is -1.44. The quantitative estimate of drug-likeness (QED) is 0.729. The molecule has 1 amide bonds. The molecule has 0 N–H and O–H groups in total. The van der Waals surface area contributed by atoms with Crippen molar-refractivity contribution >= 4 is 21.6 Å². The summed E-state index contributed by atoms with van der Waals surface area (Å²) in [6.07, 6.45) is 4.76. The summed E-state index contributed by atoms with van der Waals surface area (Å²) < 4.78 is 27.1. The van der Waals surface area contributed by atoms with Crippen molar-refractivity contribution in [3.8, 4) is 0 Å². The number of hydrogen-bond acceptors (Lipinski definition) is 4. The van der Waals surface area contributed by atoms with Crippen LogP contribution in [0.15, 0.2) is 24.3 Å². The summed E-state index contributed by atoms with van der Waals surface area (Å²) in [5.74, 6) is 0.00314. The van der Waals surface area contributed by atoms with Crippen molar-refractivity contribution in [3.05, 3.63) is 29.8 Å². The lowest BCUT2D eigenvalue weighted by Crippen LogP contribution is -2.46. The van der Waals surface area contributed by atoms with Crippen LogP contribution >= 0.6 is 0 Å². The maximum Gasteiger partial charge on any atom is 0.223 e. The molecule has 0 aromatic heterocycles. The second kappa shape index (κ2) is 8.97. The number of fused-ring (bicyclic) bond motifs is 3. The number of amides is 1. The van der Waals surface area contributed by atoms with E-state index in [-0.39, 0.29) is 23.4 Å². The Balaban J connectivity index is 2.00. The molecule has 0 unspecified atom stereocenters. The third-order valence-electron chi connectivity index (χ3n) is 6.33. The van der Waals surface area contributed by atoms with Crippen molar-refractivity contribution in [2.75, 3.05) is 30.8 Å². The lowest BCUT2D eigenvalue weighted by Gasteiger charge is -2.33. The first kappa shape index (κ1) is 23.2. The summed E-state index contributed by atoms with van der Waals surface area (Å²) in [5.41, 5.74) is 2.28. The normalized spacial score (nSPS) is 24.4. The number of rotatable bonds is 3. The van der Waals surface area contributed by atoms with E-state index < -0.39 is 10.0 Å². The SMILES string of the molecule is CC(=O)N1CC[C@H]2CC[C@@H](CN(CCC(C)(C)C)Cc3ccccc31)N2S(C)(=O)=O. The van der Waals surface area contributed by atoms with Crippen molar-refractivity contribution in [1.29, 1.82) is 0 Å². The number of carbonyl (C=O) groups excluding carboxylic acids is 1. The van der Waals surface area contributed by atoms with Gasteiger partial charge in [-0.3, -0.25) is 9.69 Å². The predicted molar refractivity (Wildman–Crippen MR) is 122 cm³/mol. The molecule has 7 heteroatoms. The average Bonchev–Trinajstić information content (AvgIpc) is 3.01. The zero-order valence-corrected chi connectivity index (χ0v) is 19.9. The highest BCUT2D eigenvalue weighted by atomic mass is 32.2. The number of hydrogen-bond donors (Lipinski definition) is 0. The van der Waals surface area contributed by atoms with Crippen LogP contribution in [0.5, 0.6) is 0 Å². The van der Waals surface area contributed by atoms with E-state index in [2.05, 4.69) is 31.7 Å². The molecule has 1 fully saturated rings. The van der Waals surface area contributed by atoms with Gasteiger partial charge in [-0.1, -0.05) is 39.0 Å². The van der Waals surface area contributed by atoms with Gasteiger partial charge in [-0.05, 0) is 49.3 Å². The van der Waals surface area contributed by atoms with Crippen LogP contribution in [0.2, 0.25) is 0 Å². The molecule has 6 nitrogen and oxygen atoms in total. The van der Waals surface area contributed by atoms with E-state index in [0.717, 1.165) is 50.1 Å². The standard InChI is InChI=1S/C23H37N3O3S/c1-18(27)25-14-12-20-10-11-21(26(20)30(5,28)29)17-24(15-13-23(2,3)4)16-19-8-6-7-9-22(19)25/h6-9,20-21H,10-17H2,1-5H3/t20-,21+/m1/s1. The van der Waals surface area contributed by atoms with Crippen LogP contribution in [0.4, 0.5) is 5.69 Å². The molecule has 0 aliphatic carbocycles. The summed E-state index contributed by atoms with van der Waals surface area (Å²) in [7, 11) is -3.31. The summed E-state index contributed by atoms with van der Waals surface area (Å²) in [6.45, 7) is 11.2. The maximum absolute atomic E-state index is 12.7. The van der Waals surface area contributed by atoms with Crippen LogP contribution in [-0.4, -0.2) is 61.5 Å². The fourth-order valence-electron chi connectivity index (χ4n) is 4.82. The molecule has 2 aliphatic heterocycles. The van der Waals surface area contributed by atoms with Crippen molar-refractivity contribution in [2.45, 2.75) is 72.0 Å². The Morgan fingerprint density at radius 2 is 1.77 bits per heavy atom. The van der Waals surface area contributed by atoms with Crippen LogP contribution in [0.3, 0.4) is 0 Å². The van der Waals surface area contributed by atoms with Crippen LogP contribution in [0, 0.1) is 5.41 Å². The summed E-state index contributed by atoms with van der Waals surface area (Å²) >= 11 is 0. The molecule has 1 aromatic carbocycles. The van der Waals surface area contributed by atoms with Gasteiger partial charge in [-0.15, -0.1) is 0 Å². The lowest BCUT2D eigenvalue weighted by atomic mass is 9.92. The fraction of sp³-hybridized carbons (Fsp3) is 0.696. The highest BCUT2D eigenvalue weighted by Crippen LogP contribution is 2.33. The van der Waals surface area contributed by atoms with E-state index in [1.54, 1.807) is 11.2 Å². The van der Waals surface area contributed by atoms with Crippen LogP contribution in [0.1, 0.15) is 58.9 Å². The summed E-state index contributed by atoms with van der Waals surface area (Å²) in [4.78, 5) is 16.7. The number of para-hydroxylation sites is 1. The molecule has 2 atom stereocenters.